The predicted molar refractivity (Wildman–Crippen MR) is 95.9 cm³/mol. The van der Waals surface area contributed by atoms with Gasteiger partial charge in [0.05, 0.1) is 10.7 Å². The van der Waals surface area contributed by atoms with E-state index >= 15 is 0 Å². The van der Waals surface area contributed by atoms with Crippen LogP contribution in [0.2, 0.25) is 0 Å². The lowest BCUT2D eigenvalue weighted by Gasteiger charge is -2.35. The van der Waals surface area contributed by atoms with Crippen LogP contribution in [0.1, 0.15) is 5.56 Å². The van der Waals surface area contributed by atoms with E-state index in [9.17, 15) is 18.5 Å². The molecule has 7 nitrogen and oxygen atoms in total. The van der Waals surface area contributed by atoms with Gasteiger partial charge < -0.3 is 4.90 Å². The minimum Gasteiger partial charge on any atom is -0.369 e. The van der Waals surface area contributed by atoms with Crippen LogP contribution >= 0.6 is 0 Å². The molecule has 25 heavy (non-hydrogen) atoms. The fourth-order valence-corrected chi connectivity index (χ4v) is 4.40. The molecule has 0 saturated carbocycles. The Balaban J connectivity index is 1.62. The molecule has 0 unspecified atom stereocenters. The Morgan fingerprint density at radius 1 is 0.920 bits per heavy atom. The molecule has 0 radical (unpaired) electrons. The van der Waals surface area contributed by atoms with Gasteiger partial charge in [0.15, 0.2) is 0 Å². The normalized spacial score (nSPS) is 15.9. The molecule has 0 aliphatic carbocycles. The second-order valence-electron chi connectivity index (χ2n) is 5.90. The highest BCUT2D eigenvalue weighted by Crippen LogP contribution is 2.22. The van der Waals surface area contributed by atoms with Gasteiger partial charge in [-0.25, -0.2) is 8.42 Å². The second kappa shape index (κ2) is 7.20. The maximum atomic E-state index is 12.6. The van der Waals surface area contributed by atoms with Crippen LogP contribution < -0.4 is 4.90 Å². The molecule has 1 aliphatic heterocycles. The minimum atomic E-state index is -3.34. The van der Waals surface area contributed by atoms with Crippen molar-refractivity contribution in [3.63, 3.8) is 0 Å². The smallest absolute Gasteiger partial charge is 0.269 e. The third kappa shape index (κ3) is 4.15. The number of non-ortho nitro benzene ring substituents is 1. The van der Waals surface area contributed by atoms with Gasteiger partial charge in [0.1, 0.15) is 0 Å². The van der Waals surface area contributed by atoms with Crippen LogP contribution in [0.4, 0.5) is 11.4 Å². The predicted octanol–water partition coefficient (Wildman–Crippen LogP) is 2.25. The van der Waals surface area contributed by atoms with Crippen LogP contribution in [-0.4, -0.2) is 43.8 Å². The number of hydrogen-bond donors (Lipinski definition) is 0. The number of hydrogen-bond acceptors (Lipinski definition) is 5. The summed E-state index contributed by atoms with van der Waals surface area (Å²) in [4.78, 5) is 12.3. The lowest BCUT2D eigenvalue weighted by Crippen LogP contribution is -2.49. The number of nitro groups is 1. The molecule has 3 rings (SSSR count). The summed E-state index contributed by atoms with van der Waals surface area (Å²) in [6, 6.07) is 15.5. The van der Waals surface area contributed by atoms with Crippen molar-refractivity contribution in [2.24, 2.45) is 0 Å². The Morgan fingerprint density at radius 2 is 1.52 bits per heavy atom. The maximum absolute atomic E-state index is 12.6. The standard InChI is InChI=1S/C17H19N3O4S/c21-20(22)17-8-6-16(7-9-17)18-10-12-19(13-11-18)25(23,24)14-15-4-2-1-3-5-15/h1-9H,10-14H2. The zero-order valence-corrected chi connectivity index (χ0v) is 14.4. The van der Waals surface area contributed by atoms with Crippen LogP contribution in [0.15, 0.2) is 54.6 Å². The van der Waals surface area contributed by atoms with Crippen molar-refractivity contribution in [3.8, 4) is 0 Å². The van der Waals surface area contributed by atoms with Crippen molar-refractivity contribution < 1.29 is 13.3 Å². The first-order chi connectivity index (χ1) is 12.0. The first-order valence-corrected chi connectivity index (χ1v) is 9.58. The number of sulfonamides is 1. The van der Waals surface area contributed by atoms with Crippen molar-refractivity contribution >= 4 is 21.4 Å². The monoisotopic (exact) mass is 361 g/mol. The van der Waals surface area contributed by atoms with E-state index < -0.39 is 14.9 Å². The minimum absolute atomic E-state index is 0.00533. The van der Waals surface area contributed by atoms with Gasteiger partial charge in [0, 0.05) is 44.0 Å². The largest absolute Gasteiger partial charge is 0.369 e. The zero-order chi connectivity index (χ0) is 17.9. The Hall–Kier alpha value is -2.45. The molecule has 1 aliphatic rings. The van der Waals surface area contributed by atoms with Crippen LogP contribution in [0, 0.1) is 10.1 Å². The van der Waals surface area contributed by atoms with E-state index in [-0.39, 0.29) is 11.4 Å². The van der Waals surface area contributed by atoms with E-state index in [1.54, 1.807) is 12.1 Å². The Morgan fingerprint density at radius 3 is 2.08 bits per heavy atom. The lowest BCUT2D eigenvalue weighted by atomic mass is 10.2. The van der Waals surface area contributed by atoms with Gasteiger partial charge in [-0.2, -0.15) is 4.31 Å². The highest BCUT2D eigenvalue weighted by Gasteiger charge is 2.27. The van der Waals surface area contributed by atoms with Crippen LogP contribution in [-0.2, 0) is 15.8 Å². The molecule has 0 amide bonds. The molecule has 1 saturated heterocycles. The second-order valence-corrected chi connectivity index (χ2v) is 7.87. The van der Waals surface area contributed by atoms with Crippen molar-refractivity contribution in [2.45, 2.75) is 5.75 Å². The first kappa shape index (κ1) is 17.4. The topological polar surface area (TPSA) is 83.8 Å². The highest BCUT2D eigenvalue weighted by atomic mass is 32.2. The number of rotatable bonds is 5. The summed E-state index contributed by atoms with van der Waals surface area (Å²) >= 11 is 0. The molecule has 0 aromatic heterocycles. The van der Waals surface area contributed by atoms with Gasteiger partial charge in [-0.1, -0.05) is 30.3 Å². The number of piperazine rings is 1. The molecule has 132 valence electrons. The lowest BCUT2D eigenvalue weighted by molar-refractivity contribution is -0.384. The molecule has 0 spiro atoms. The third-order valence-electron chi connectivity index (χ3n) is 4.25. The Labute approximate surface area is 146 Å². The molecule has 2 aromatic carbocycles. The van der Waals surface area contributed by atoms with Gasteiger partial charge in [-0.05, 0) is 17.7 Å². The Bertz CT molecular complexity index is 830. The molecular formula is C17H19N3O4S. The van der Waals surface area contributed by atoms with E-state index in [1.165, 1.54) is 16.4 Å². The van der Waals surface area contributed by atoms with Crippen molar-refractivity contribution in [1.82, 2.24) is 4.31 Å². The van der Waals surface area contributed by atoms with Crippen LogP contribution in [0.3, 0.4) is 0 Å². The summed E-state index contributed by atoms with van der Waals surface area (Å²) in [6.45, 7) is 1.94. The van der Waals surface area contributed by atoms with Crippen LogP contribution in [0.5, 0.6) is 0 Å². The first-order valence-electron chi connectivity index (χ1n) is 7.97. The molecule has 2 aromatic rings. The van der Waals surface area contributed by atoms with Gasteiger partial charge in [0.2, 0.25) is 10.0 Å². The molecule has 0 N–H and O–H groups in total. The summed E-state index contributed by atoms with van der Waals surface area (Å²) in [5.41, 5.74) is 1.69. The van der Waals surface area contributed by atoms with E-state index in [2.05, 4.69) is 0 Å². The summed E-state index contributed by atoms with van der Waals surface area (Å²) < 4.78 is 26.6. The van der Waals surface area contributed by atoms with Gasteiger partial charge in [-0.3, -0.25) is 10.1 Å². The van der Waals surface area contributed by atoms with Gasteiger partial charge in [-0.15, -0.1) is 0 Å². The van der Waals surface area contributed by atoms with Gasteiger partial charge >= 0.3 is 0 Å². The molecule has 1 fully saturated rings. The van der Waals surface area contributed by atoms with Crippen molar-refractivity contribution in [2.75, 3.05) is 31.1 Å². The number of nitrogens with zero attached hydrogens (tertiary/aromatic N) is 3. The molecule has 0 bridgehead atoms. The van der Waals surface area contributed by atoms with Gasteiger partial charge in [0.25, 0.3) is 5.69 Å². The van der Waals surface area contributed by atoms with Crippen LogP contribution in [0.25, 0.3) is 0 Å². The highest BCUT2D eigenvalue weighted by molar-refractivity contribution is 7.88. The summed E-state index contributed by atoms with van der Waals surface area (Å²) in [5.74, 6) is 0.00533. The molecule has 8 heteroatoms. The quantitative estimate of drug-likeness (QED) is 0.602. The van der Waals surface area contributed by atoms with Crippen molar-refractivity contribution in [3.05, 3.63) is 70.3 Å². The summed E-state index contributed by atoms with van der Waals surface area (Å²) in [7, 11) is -3.34. The number of anilines is 1. The van der Waals surface area contributed by atoms with E-state index in [4.69, 9.17) is 0 Å². The summed E-state index contributed by atoms with van der Waals surface area (Å²) in [5, 5.41) is 10.7. The maximum Gasteiger partial charge on any atom is 0.269 e. The fourth-order valence-electron chi connectivity index (χ4n) is 2.89. The average molecular weight is 361 g/mol. The fraction of sp³-hybridized carbons (Fsp3) is 0.294. The Kier molecular flexibility index (Phi) is 5.00. The number of nitro benzene ring substituents is 1. The molecule has 1 heterocycles. The third-order valence-corrected chi connectivity index (χ3v) is 6.10. The summed E-state index contributed by atoms with van der Waals surface area (Å²) in [6.07, 6.45) is 0. The zero-order valence-electron chi connectivity index (χ0n) is 13.6. The van der Waals surface area contributed by atoms with Crippen molar-refractivity contribution in [1.29, 1.82) is 0 Å². The number of benzene rings is 2. The van der Waals surface area contributed by atoms with E-state index in [0.717, 1.165) is 11.3 Å². The average Bonchev–Trinajstić information content (AvgIpc) is 2.62. The van der Waals surface area contributed by atoms with E-state index in [1.807, 2.05) is 35.2 Å². The van der Waals surface area contributed by atoms with E-state index in [0.29, 0.717) is 26.2 Å². The molecule has 0 atom stereocenters. The SMILES string of the molecule is O=[N+]([O-])c1ccc(N2CCN(S(=O)(=O)Cc3ccccc3)CC2)cc1. The molecular weight excluding hydrogens is 342 g/mol.